The lowest BCUT2D eigenvalue weighted by Gasteiger charge is -2.22. The molecular formula is C26H30N4O6. The summed E-state index contributed by atoms with van der Waals surface area (Å²) < 4.78 is 5.44. The summed E-state index contributed by atoms with van der Waals surface area (Å²) >= 11 is 0. The molecule has 6 amide bonds. The Balaban J connectivity index is 1.74. The zero-order valence-electron chi connectivity index (χ0n) is 20.3. The van der Waals surface area contributed by atoms with Crippen LogP contribution < -0.4 is 10.6 Å². The molecule has 0 spiro atoms. The van der Waals surface area contributed by atoms with Crippen LogP contribution in [0.4, 0.5) is 9.59 Å². The van der Waals surface area contributed by atoms with Crippen LogP contribution in [0.15, 0.2) is 60.7 Å². The molecular weight excluding hydrogens is 464 g/mol. The summed E-state index contributed by atoms with van der Waals surface area (Å²) in [4.78, 5) is 65.4. The average Bonchev–Trinajstić information content (AvgIpc) is 3.11. The quantitative estimate of drug-likeness (QED) is 0.386. The molecule has 1 heterocycles. The van der Waals surface area contributed by atoms with Crippen LogP contribution in [-0.4, -0.2) is 64.8 Å². The summed E-state index contributed by atoms with van der Waals surface area (Å²) in [6.07, 6.45) is -0.311. The van der Waals surface area contributed by atoms with E-state index in [9.17, 15) is 24.0 Å². The fourth-order valence-corrected chi connectivity index (χ4v) is 3.88. The summed E-state index contributed by atoms with van der Waals surface area (Å²) in [5, 5.41) is 5.13. The van der Waals surface area contributed by atoms with Gasteiger partial charge in [-0.25, -0.2) is 19.3 Å². The topological polar surface area (TPSA) is 125 Å². The molecule has 1 fully saturated rings. The molecule has 10 heteroatoms. The number of hydrogen-bond acceptors (Lipinski definition) is 6. The van der Waals surface area contributed by atoms with E-state index < -0.39 is 48.4 Å². The molecule has 3 rings (SSSR count). The Labute approximate surface area is 209 Å². The van der Waals surface area contributed by atoms with E-state index in [2.05, 4.69) is 10.6 Å². The fourth-order valence-electron chi connectivity index (χ4n) is 3.88. The molecule has 0 bridgehead atoms. The molecule has 2 aromatic carbocycles. The average molecular weight is 495 g/mol. The van der Waals surface area contributed by atoms with Crippen molar-refractivity contribution in [1.29, 1.82) is 0 Å². The summed E-state index contributed by atoms with van der Waals surface area (Å²) in [5.41, 5.74) is 1.59. The van der Waals surface area contributed by atoms with Gasteiger partial charge in [0.05, 0.1) is 6.42 Å². The highest BCUT2D eigenvalue weighted by molar-refractivity contribution is 6.12. The van der Waals surface area contributed by atoms with Crippen molar-refractivity contribution in [2.24, 2.45) is 0 Å². The van der Waals surface area contributed by atoms with Crippen LogP contribution in [0.1, 0.15) is 31.4 Å². The maximum absolute atomic E-state index is 13.0. The number of esters is 1. The summed E-state index contributed by atoms with van der Waals surface area (Å²) in [6.45, 7) is 3.62. The molecule has 0 radical (unpaired) electrons. The molecule has 2 aromatic rings. The van der Waals surface area contributed by atoms with E-state index in [0.29, 0.717) is 0 Å². The van der Waals surface area contributed by atoms with Crippen molar-refractivity contribution in [3.05, 3.63) is 71.8 Å². The van der Waals surface area contributed by atoms with E-state index in [-0.39, 0.29) is 26.1 Å². The molecule has 10 nitrogen and oxygen atoms in total. The maximum Gasteiger partial charge on any atom is 0.335 e. The molecule has 0 aliphatic carbocycles. The van der Waals surface area contributed by atoms with Crippen molar-refractivity contribution in [2.45, 2.75) is 45.4 Å². The number of amides is 6. The highest BCUT2D eigenvalue weighted by Crippen LogP contribution is 2.21. The van der Waals surface area contributed by atoms with Crippen molar-refractivity contribution in [2.75, 3.05) is 13.1 Å². The number of urea groups is 2. The van der Waals surface area contributed by atoms with Crippen molar-refractivity contribution >= 4 is 29.8 Å². The van der Waals surface area contributed by atoms with Gasteiger partial charge in [0.15, 0.2) is 0 Å². The Morgan fingerprint density at radius 1 is 0.944 bits per heavy atom. The molecule has 36 heavy (non-hydrogen) atoms. The van der Waals surface area contributed by atoms with Crippen LogP contribution in [-0.2, 0) is 32.1 Å². The van der Waals surface area contributed by atoms with Gasteiger partial charge in [0.25, 0.3) is 5.91 Å². The third-order valence-corrected chi connectivity index (χ3v) is 5.67. The van der Waals surface area contributed by atoms with Crippen molar-refractivity contribution in [1.82, 2.24) is 20.4 Å². The number of benzene rings is 2. The molecule has 190 valence electrons. The predicted molar refractivity (Wildman–Crippen MR) is 130 cm³/mol. The van der Waals surface area contributed by atoms with Gasteiger partial charge in [0, 0.05) is 19.5 Å². The zero-order chi connectivity index (χ0) is 26.1. The van der Waals surface area contributed by atoms with Crippen LogP contribution >= 0.6 is 0 Å². The Kier molecular flexibility index (Phi) is 9.15. The first-order chi connectivity index (χ1) is 17.3. The summed E-state index contributed by atoms with van der Waals surface area (Å²) in [5.74, 6) is -1.94. The molecule has 0 unspecified atom stereocenters. The number of carbonyl (C=O) groups excluding carboxylic acids is 5. The lowest BCUT2D eigenvalue weighted by Crippen LogP contribution is -2.49. The second-order valence-electron chi connectivity index (χ2n) is 8.19. The minimum Gasteiger partial charge on any atom is -0.459 e. The number of imide groups is 2. The van der Waals surface area contributed by atoms with Gasteiger partial charge in [-0.15, -0.1) is 0 Å². The SMILES string of the molecule is CCNC(=O)N1C(=O)N(CC)C(=O)[C@@H]1CC(=O)N[C@@H](Cc1ccccc1)C(=O)OCc1ccccc1. The van der Waals surface area contributed by atoms with Gasteiger partial charge in [-0.2, -0.15) is 0 Å². The largest absolute Gasteiger partial charge is 0.459 e. The van der Waals surface area contributed by atoms with E-state index in [1.165, 1.54) is 0 Å². The molecule has 0 saturated carbocycles. The number of ether oxygens (including phenoxy) is 1. The maximum atomic E-state index is 13.0. The van der Waals surface area contributed by atoms with Crippen molar-refractivity contribution < 1.29 is 28.7 Å². The number of nitrogens with zero attached hydrogens (tertiary/aromatic N) is 2. The lowest BCUT2D eigenvalue weighted by molar-refractivity contribution is -0.149. The van der Waals surface area contributed by atoms with E-state index in [0.717, 1.165) is 20.9 Å². The number of rotatable bonds is 10. The summed E-state index contributed by atoms with van der Waals surface area (Å²) in [7, 11) is 0. The van der Waals surface area contributed by atoms with Gasteiger partial charge in [0.1, 0.15) is 18.7 Å². The Morgan fingerprint density at radius 2 is 1.56 bits per heavy atom. The van der Waals surface area contributed by atoms with E-state index in [1.807, 2.05) is 60.7 Å². The second kappa shape index (κ2) is 12.5. The highest BCUT2D eigenvalue weighted by atomic mass is 16.5. The lowest BCUT2D eigenvalue weighted by atomic mass is 10.1. The van der Waals surface area contributed by atoms with Gasteiger partial charge >= 0.3 is 18.0 Å². The summed E-state index contributed by atoms with van der Waals surface area (Å²) in [6, 6.07) is 14.4. The number of nitrogens with one attached hydrogen (secondary N) is 2. The first-order valence-corrected chi connectivity index (χ1v) is 11.8. The van der Waals surface area contributed by atoms with E-state index in [1.54, 1.807) is 13.8 Å². The standard InChI is InChI=1S/C26H30N4O6/c1-3-27-25(34)30-21(23(32)29(4-2)26(30)35)16-22(31)28-20(15-18-11-7-5-8-12-18)24(33)36-17-19-13-9-6-10-14-19/h5-14,20-21H,3-4,15-17H2,1-2H3,(H,27,34)(H,28,31)/t20-,21-/m0/s1. The number of likely N-dealkylation sites (N-methyl/N-ethyl adjacent to an activating group) is 1. The normalized spacial score (nSPS) is 16.0. The third kappa shape index (κ3) is 6.47. The minimum absolute atomic E-state index is 0.0346. The van der Waals surface area contributed by atoms with Crippen molar-refractivity contribution in [3.8, 4) is 0 Å². The molecule has 0 aromatic heterocycles. The van der Waals surface area contributed by atoms with E-state index >= 15 is 0 Å². The Bertz CT molecular complexity index is 1090. The van der Waals surface area contributed by atoms with Gasteiger partial charge in [0.2, 0.25) is 5.91 Å². The first-order valence-electron chi connectivity index (χ1n) is 11.8. The zero-order valence-corrected chi connectivity index (χ0v) is 20.3. The van der Waals surface area contributed by atoms with Crippen LogP contribution in [0.5, 0.6) is 0 Å². The van der Waals surface area contributed by atoms with Crippen LogP contribution in [0.3, 0.4) is 0 Å². The van der Waals surface area contributed by atoms with Gasteiger partial charge in [-0.05, 0) is 25.0 Å². The highest BCUT2D eigenvalue weighted by Gasteiger charge is 2.48. The third-order valence-electron chi connectivity index (χ3n) is 5.67. The van der Waals surface area contributed by atoms with Gasteiger partial charge < -0.3 is 15.4 Å². The predicted octanol–water partition coefficient (Wildman–Crippen LogP) is 2.23. The van der Waals surface area contributed by atoms with Crippen LogP contribution in [0.25, 0.3) is 0 Å². The minimum atomic E-state index is -1.30. The Hall–Kier alpha value is -4.21. The van der Waals surface area contributed by atoms with Gasteiger partial charge in [-0.1, -0.05) is 60.7 Å². The molecule has 1 aliphatic rings. The van der Waals surface area contributed by atoms with Crippen LogP contribution in [0.2, 0.25) is 0 Å². The Morgan fingerprint density at radius 3 is 2.14 bits per heavy atom. The first kappa shape index (κ1) is 26.4. The number of hydrogen-bond donors (Lipinski definition) is 2. The molecule has 2 atom stereocenters. The smallest absolute Gasteiger partial charge is 0.335 e. The second-order valence-corrected chi connectivity index (χ2v) is 8.19. The molecule has 1 saturated heterocycles. The van der Waals surface area contributed by atoms with Crippen LogP contribution in [0, 0.1) is 0 Å². The monoisotopic (exact) mass is 494 g/mol. The molecule has 2 N–H and O–H groups in total. The van der Waals surface area contributed by atoms with Gasteiger partial charge in [-0.3, -0.25) is 14.5 Å². The fraction of sp³-hybridized carbons (Fsp3) is 0.346. The molecule has 1 aliphatic heterocycles. The number of carbonyl (C=O) groups is 5. The van der Waals surface area contributed by atoms with E-state index in [4.69, 9.17) is 4.74 Å². The van der Waals surface area contributed by atoms with Crippen molar-refractivity contribution in [3.63, 3.8) is 0 Å².